The van der Waals surface area contributed by atoms with Crippen molar-refractivity contribution in [2.45, 2.75) is 45.1 Å². The van der Waals surface area contributed by atoms with Gasteiger partial charge in [-0.3, -0.25) is 4.99 Å². The van der Waals surface area contributed by atoms with Crippen LogP contribution >= 0.6 is 23.2 Å². The van der Waals surface area contributed by atoms with Gasteiger partial charge in [-0.05, 0) is 30.5 Å². The van der Waals surface area contributed by atoms with E-state index in [2.05, 4.69) is 11.9 Å². The molecule has 2 N–H and O–H groups in total. The van der Waals surface area contributed by atoms with Crippen LogP contribution in [0.2, 0.25) is 10.0 Å². The monoisotopic (exact) mass is 300 g/mol. The van der Waals surface area contributed by atoms with Gasteiger partial charge in [-0.15, -0.1) is 0 Å². The first kappa shape index (κ1) is 16.5. The summed E-state index contributed by atoms with van der Waals surface area (Å²) in [6, 6.07) is 5.36. The first-order valence-corrected chi connectivity index (χ1v) is 7.59. The minimum Gasteiger partial charge on any atom is -0.323 e. The zero-order valence-corrected chi connectivity index (χ0v) is 12.9. The number of benzene rings is 1. The summed E-state index contributed by atoms with van der Waals surface area (Å²) in [5.41, 5.74) is 6.92. The number of unbranched alkanes of at least 4 members (excludes halogenated alkanes) is 3. The first-order chi connectivity index (χ1) is 9.15. The number of nitrogens with zero attached hydrogens (tertiary/aromatic N) is 1. The maximum Gasteiger partial charge on any atom is 0.0453 e. The van der Waals surface area contributed by atoms with E-state index < -0.39 is 0 Å². The molecule has 0 aromatic heterocycles. The molecule has 1 aromatic carbocycles. The number of aliphatic imine (C=N–C) groups is 1. The lowest BCUT2D eigenvalue weighted by atomic mass is 10.1. The smallest absolute Gasteiger partial charge is 0.0453 e. The number of nitrogens with two attached hydrogens (primary N) is 1. The SMILES string of the molecule is CCCCCCN=CC(N)Cc1c(Cl)cccc1Cl. The van der Waals surface area contributed by atoms with E-state index in [1.165, 1.54) is 19.3 Å². The minimum absolute atomic E-state index is 0.136. The van der Waals surface area contributed by atoms with Crippen molar-refractivity contribution in [1.29, 1.82) is 0 Å². The highest BCUT2D eigenvalue weighted by Gasteiger charge is 2.08. The Labute approximate surface area is 126 Å². The van der Waals surface area contributed by atoms with Gasteiger partial charge in [0.15, 0.2) is 0 Å². The van der Waals surface area contributed by atoms with Crippen molar-refractivity contribution >= 4 is 29.4 Å². The Morgan fingerprint density at radius 1 is 1.21 bits per heavy atom. The molecule has 0 fully saturated rings. The summed E-state index contributed by atoms with van der Waals surface area (Å²) in [7, 11) is 0. The fraction of sp³-hybridized carbons (Fsp3) is 0.533. The Hall–Kier alpha value is -0.570. The topological polar surface area (TPSA) is 38.4 Å². The van der Waals surface area contributed by atoms with Crippen LogP contribution in [0.4, 0.5) is 0 Å². The molecule has 0 bridgehead atoms. The van der Waals surface area contributed by atoms with E-state index >= 15 is 0 Å². The second kappa shape index (κ2) is 9.35. The van der Waals surface area contributed by atoms with Crippen molar-refractivity contribution < 1.29 is 0 Å². The fourth-order valence-electron chi connectivity index (χ4n) is 1.86. The highest BCUT2D eigenvalue weighted by molar-refractivity contribution is 6.36. The number of hydrogen-bond acceptors (Lipinski definition) is 2. The molecule has 1 aromatic rings. The van der Waals surface area contributed by atoms with Gasteiger partial charge in [0.2, 0.25) is 0 Å². The van der Waals surface area contributed by atoms with Gasteiger partial charge in [-0.2, -0.15) is 0 Å². The zero-order chi connectivity index (χ0) is 14.1. The molecule has 1 unspecified atom stereocenters. The molecule has 0 heterocycles. The third-order valence-electron chi connectivity index (χ3n) is 2.94. The summed E-state index contributed by atoms with van der Waals surface area (Å²) in [6.07, 6.45) is 7.32. The molecule has 0 radical (unpaired) electrons. The maximum atomic E-state index is 6.11. The highest BCUT2D eigenvalue weighted by atomic mass is 35.5. The van der Waals surface area contributed by atoms with E-state index in [1.54, 1.807) is 0 Å². The van der Waals surface area contributed by atoms with E-state index in [0.717, 1.165) is 18.5 Å². The van der Waals surface area contributed by atoms with Gasteiger partial charge < -0.3 is 5.73 Å². The van der Waals surface area contributed by atoms with Crippen molar-refractivity contribution in [1.82, 2.24) is 0 Å². The van der Waals surface area contributed by atoms with Gasteiger partial charge in [0, 0.05) is 28.8 Å². The lowest BCUT2D eigenvalue weighted by Gasteiger charge is -2.09. The summed E-state index contributed by atoms with van der Waals surface area (Å²) in [6.45, 7) is 3.05. The van der Waals surface area contributed by atoms with Crippen molar-refractivity contribution in [3.63, 3.8) is 0 Å². The van der Waals surface area contributed by atoms with Crippen LogP contribution in [0.15, 0.2) is 23.2 Å². The average Bonchev–Trinajstić information content (AvgIpc) is 2.38. The van der Waals surface area contributed by atoms with Gasteiger partial charge in [-0.1, -0.05) is 55.5 Å². The Morgan fingerprint density at radius 2 is 1.89 bits per heavy atom. The quantitative estimate of drug-likeness (QED) is 0.556. The van der Waals surface area contributed by atoms with E-state index in [1.807, 2.05) is 24.4 Å². The van der Waals surface area contributed by atoms with Crippen molar-refractivity contribution in [3.8, 4) is 0 Å². The second-order valence-corrected chi connectivity index (χ2v) is 5.50. The average molecular weight is 301 g/mol. The molecule has 0 saturated carbocycles. The lowest BCUT2D eigenvalue weighted by molar-refractivity contribution is 0.674. The molecule has 0 aliphatic carbocycles. The fourth-order valence-corrected chi connectivity index (χ4v) is 2.41. The van der Waals surface area contributed by atoms with Crippen molar-refractivity contribution in [2.75, 3.05) is 6.54 Å². The van der Waals surface area contributed by atoms with Crippen LogP contribution in [-0.4, -0.2) is 18.8 Å². The maximum absolute atomic E-state index is 6.11. The van der Waals surface area contributed by atoms with Crippen LogP contribution in [0, 0.1) is 0 Å². The number of rotatable bonds is 8. The molecule has 0 aliphatic heterocycles. The van der Waals surface area contributed by atoms with Gasteiger partial charge >= 0.3 is 0 Å². The number of hydrogen-bond donors (Lipinski definition) is 1. The van der Waals surface area contributed by atoms with Crippen LogP contribution in [0.1, 0.15) is 38.2 Å². The van der Waals surface area contributed by atoms with Crippen LogP contribution in [-0.2, 0) is 6.42 Å². The van der Waals surface area contributed by atoms with Crippen LogP contribution in [0.25, 0.3) is 0 Å². The van der Waals surface area contributed by atoms with E-state index in [9.17, 15) is 0 Å². The molecule has 0 spiro atoms. The van der Waals surface area contributed by atoms with Gasteiger partial charge in [0.05, 0.1) is 0 Å². The summed E-state index contributed by atoms with van der Waals surface area (Å²) >= 11 is 12.2. The Balaban J connectivity index is 2.38. The molecular formula is C15H22Cl2N2. The third kappa shape index (κ3) is 6.42. The molecule has 0 saturated heterocycles. The zero-order valence-electron chi connectivity index (χ0n) is 11.4. The normalized spacial score (nSPS) is 13.1. The molecular weight excluding hydrogens is 279 g/mol. The Bertz CT molecular complexity index is 385. The second-order valence-electron chi connectivity index (χ2n) is 4.68. The van der Waals surface area contributed by atoms with Crippen molar-refractivity contribution in [3.05, 3.63) is 33.8 Å². The molecule has 106 valence electrons. The predicted molar refractivity (Wildman–Crippen MR) is 85.6 cm³/mol. The van der Waals surface area contributed by atoms with Crippen LogP contribution in [0.5, 0.6) is 0 Å². The third-order valence-corrected chi connectivity index (χ3v) is 3.65. The summed E-state index contributed by atoms with van der Waals surface area (Å²) in [5, 5.41) is 1.33. The van der Waals surface area contributed by atoms with Crippen LogP contribution < -0.4 is 5.73 Å². The minimum atomic E-state index is -0.136. The summed E-state index contributed by atoms with van der Waals surface area (Å²) in [4.78, 5) is 4.36. The largest absolute Gasteiger partial charge is 0.323 e. The highest BCUT2D eigenvalue weighted by Crippen LogP contribution is 2.24. The van der Waals surface area contributed by atoms with Gasteiger partial charge in [-0.25, -0.2) is 0 Å². The predicted octanol–water partition coefficient (Wildman–Crippen LogP) is 4.51. The molecule has 0 amide bonds. The molecule has 19 heavy (non-hydrogen) atoms. The Morgan fingerprint density at radius 3 is 2.53 bits per heavy atom. The van der Waals surface area contributed by atoms with E-state index in [-0.39, 0.29) is 6.04 Å². The lowest BCUT2D eigenvalue weighted by Crippen LogP contribution is -2.24. The van der Waals surface area contributed by atoms with Crippen LogP contribution in [0.3, 0.4) is 0 Å². The summed E-state index contributed by atoms with van der Waals surface area (Å²) < 4.78 is 0. The molecule has 1 atom stereocenters. The van der Waals surface area contributed by atoms with E-state index in [4.69, 9.17) is 28.9 Å². The van der Waals surface area contributed by atoms with Gasteiger partial charge in [0.25, 0.3) is 0 Å². The standard InChI is InChI=1S/C15H22Cl2N2/c1-2-3-4-5-9-19-11-12(18)10-13-14(16)7-6-8-15(13)17/h6-8,11-12H,2-5,9-10,18H2,1H3. The Kier molecular flexibility index (Phi) is 8.11. The summed E-state index contributed by atoms with van der Waals surface area (Å²) in [5.74, 6) is 0. The molecule has 0 aliphatic rings. The molecule has 4 heteroatoms. The van der Waals surface area contributed by atoms with E-state index in [0.29, 0.717) is 16.5 Å². The van der Waals surface area contributed by atoms with Gasteiger partial charge in [0.1, 0.15) is 0 Å². The van der Waals surface area contributed by atoms with Crippen molar-refractivity contribution in [2.24, 2.45) is 10.7 Å². The first-order valence-electron chi connectivity index (χ1n) is 6.83. The molecule has 1 rings (SSSR count). The number of halogens is 2. The molecule has 2 nitrogen and oxygen atoms in total.